The number of benzene rings is 2. The van der Waals surface area contributed by atoms with Gasteiger partial charge < -0.3 is 15.9 Å². The van der Waals surface area contributed by atoms with Gasteiger partial charge in [-0.2, -0.15) is 0 Å². The maximum Gasteiger partial charge on any atom is 0.307 e. The molecule has 1 unspecified atom stereocenters. The van der Waals surface area contributed by atoms with Crippen LogP contribution in [-0.2, 0) is 22.4 Å². The molecule has 0 saturated carbocycles. The molecule has 2 atom stereocenters. The Kier molecular flexibility index (Phi) is 6.31. The number of carboxylic acids is 1. The van der Waals surface area contributed by atoms with Crippen molar-refractivity contribution >= 4 is 11.8 Å². The molecule has 0 radical (unpaired) electrons. The molecule has 25 heavy (non-hydrogen) atoms. The van der Waals surface area contributed by atoms with E-state index >= 15 is 0 Å². The molecule has 0 aliphatic carbocycles. The molecule has 2 rings (SSSR count). The van der Waals surface area contributed by atoms with Crippen LogP contribution in [0.3, 0.4) is 0 Å². The summed E-state index contributed by atoms with van der Waals surface area (Å²) < 4.78 is 0. The molecule has 0 saturated heterocycles. The van der Waals surface area contributed by atoms with Crippen LogP contribution in [0.4, 0.5) is 0 Å². The summed E-state index contributed by atoms with van der Waals surface area (Å²) in [6.07, 6.45) is 0.521. The summed E-state index contributed by atoms with van der Waals surface area (Å²) in [6, 6.07) is 13.3. The summed E-state index contributed by atoms with van der Waals surface area (Å²) in [5.74, 6) is -1.91. The number of aryl methyl sites for hydroxylation is 1. The molecule has 0 spiro atoms. The van der Waals surface area contributed by atoms with Crippen molar-refractivity contribution in [2.24, 2.45) is 11.7 Å². The molecule has 0 bridgehead atoms. The van der Waals surface area contributed by atoms with Gasteiger partial charge in [-0.15, -0.1) is 0 Å². The van der Waals surface area contributed by atoms with E-state index in [1.54, 1.807) is 12.1 Å². The lowest BCUT2D eigenvalue weighted by atomic mass is 9.90. The van der Waals surface area contributed by atoms with Gasteiger partial charge in [-0.3, -0.25) is 9.59 Å². The smallest absolute Gasteiger partial charge is 0.307 e. The lowest BCUT2D eigenvalue weighted by molar-refractivity contribution is -0.143. The van der Waals surface area contributed by atoms with Crippen LogP contribution in [0.15, 0.2) is 48.5 Å². The minimum absolute atomic E-state index is 0.0947. The molecule has 2 aromatic rings. The van der Waals surface area contributed by atoms with Crippen molar-refractivity contribution in [3.8, 4) is 5.75 Å². The fourth-order valence-corrected chi connectivity index (χ4v) is 2.76. The first-order chi connectivity index (χ1) is 11.8. The molecular weight excluding hydrogens is 318 g/mol. The Morgan fingerprint density at radius 1 is 1.04 bits per heavy atom. The average molecular weight is 341 g/mol. The van der Waals surface area contributed by atoms with Crippen molar-refractivity contribution in [1.29, 1.82) is 0 Å². The Hall–Kier alpha value is -2.66. The summed E-state index contributed by atoms with van der Waals surface area (Å²) in [6.45, 7) is 1.94. The van der Waals surface area contributed by atoms with Crippen LogP contribution in [-0.4, -0.2) is 28.0 Å². The normalized spacial score (nSPS) is 13.2. The Morgan fingerprint density at radius 2 is 1.72 bits per heavy atom. The highest BCUT2D eigenvalue weighted by Crippen LogP contribution is 2.17. The second kappa shape index (κ2) is 8.44. The number of carbonyl (C=O) groups is 2. The van der Waals surface area contributed by atoms with Crippen molar-refractivity contribution in [2.45, 2.75) is 32.2 Å². The van der Waals surface area contributed by atoms with Gasteiger partial charge in [-0.05, 0) is 43.0 Å². The van der Waals surface area contributed by atoms with Gasteiger partial charge in [-0.1, -0.05) is 42.0 Å². The van der Waals surface area contributed by atoms with Crippen LogP contribution in [0, 0.1) is 12.8 Å². The standard InChI is InChI=1S/C20H23NO4/c1-13-3-2-4-15(9-13)10-16(20(24)25)12-19(23)18(21)11-14-5-7-17(22)8-6-14/h2-9,16,18,22H,10-12,21H2,1H3,(H,24,25)/t16?,18-/m0/s1. The molecule has 0 heterocycles. The number of carboxylic acid groups (broad SMARTS) is 1. The lowest BCUT2D eigenvalue weighted by Crippen LogP contribution is -2.35. The molecule has 0 amide bonds. The second-order valence-electron chi connectivity index (χ2n) is 6.38. The van der Waals surface area contributed by atoms with Gasteiger partial charge in [0.25, 0.3) is 0 Å². The summed E-state index contributed by atoms with van der Waals surface area (Å²) in [5.41, 5.74) is 8.72. The monoisotopic (exact) mass is 341 g/mol. The van der Waals surface area contributed by atoms with E-state index in [0.29, 0.717) is 12.8 Å². The number of rotatable bonds is 8. The van der Waals surface area contributed by atoms with Gasteiger partial charge in [0.05, 0.1) is 12.0 Å². The maximum atomic E-state index is 12.3. The number of aliphatic carboxylic acids is 1. The molecular formula is C20H23NO4. The fourth-order valence-electron chi connectivity index (χ4n) is 2.76. The van der Waals surface area contributed by atoms with Gasteiger partial charge in [-0.25, -0.2) is 0 Å². The zero-order valence-corrected chi connectivity index (χ0v) is 14.2. The number of aromatic hydroxyl groups is 1. The fraction of sp³-hybridized carbons (Fsp3) is 0.300. The van der Waals surface area contributed by atoms with Gasteiger partial charge >= 0.3 is 5.97 Å². The van der Waals surface area contributed by atoms with Crippen LogP contribution in [0.5, 0.6) is 5.75 Å². The molecule has 2 aromatic carbocycles. The SMILES string of the molecule is Cc1cccc(CC(CC(=O)[C@@H](N)Cc2ccc(O)cc2)C(=O)O)c1. The van der Waals surface area contributed by atoms with E-state index in [0.717, 1.165) is 16.7 Å². The number of ketones is 1. The van der Waals surface area contributed by atoms with E-state index in [-0.39, 0.29) is 18.0 Å². The Labute approximate surface area is 147 Å². The minimum Gasteiger partial charge on any atom is -0.508 e. The summed E-state index contributed by atoms with van der Waals surface area (Å²) in [5, 5.41) is 18.7. The molecule has 0 fully saturated rings. The van der Waals surface area contributed by atoms with E-state index < -0.39 is 17.9 Å². The van der Waals surface area contributed by atoms with Crippen molar-refractivity contribution in [3.63, 3.8) is 0 Å². The van der Waals surface area contributed by atoms with E-state index in [4.69, 9.17) is 5.73 Å². The van der Waals surface area contributed by atoms with Gasteiger partial charge in [0.2, 0.25) is 0 Å². The van der Waals surface area contributed by atoms with Crippen molar-refractivity contribution in [3.05, 3.63) is 65.2 Å². The predicted molar refractivity (Wildman–Crippen MR) is 95.4 cm³/mol. The van der Waals surface area contributed by atoms with Crippen LogP contribution >= 0.6 is 0 Å². The number of phenolic OH excluding ortho intramolecular Hbond substituents is 1. The van der Waals surface area contributed by atoms with E-state index in [1.165, 1.54) is 12.1 Å². The van der Waals surface area contributed by atoms with Crippen LogP contribution in [0.2, 0.25) is 0 Å². The lowest BCUT2D eigenvalue weighted by Gasteiger charge is -2.16. The first kappa shape index (κ1) is 18.7. The zero-order valence-electron chi connectivity index (χ0n) is 14.2. The molecule has 0 aromatic heterocycles. The highest BCUT2D eigenvalue weighted by atomic mass is 16.4. The third-order valence-corrected chi connectivity index (χ3v) is 4.17. The van der Waals surface area contributed by atoms with E-state index in [9.17, 15) is 19.8 Å². The second-order valence-corrected chi connectivity index (χ2v) is 6.38. The Morgan fingerprint density at radius 3 is 2.32 bits per heavy atom. The highest BCUT2D eigenvalue weighted by Gasteiger charge is 2.25. The topological polar surface area (TPSA) is 101 Å². The quantitative estimate of drug-likeness (QED) is 0.685. The summed E-state index contributed by atoms with van der Waals surface area (Å²) >= 11 is 0. The number of phenols is 1. The average Bonchev–Trinajstić information content (AvgIpc) is 2.56. The third kappa shape index (κ3) is 5.72. The van der Waals surface area contributed by atoms with Crippen molar-refractivity contribution in [2.75, 3.05) is 0 Å². The van der Waals surface area contributed by atoms with Crippen molar-refractivity contribution in [1.82, 2.24) is 0 Å². The summed E-state index contributed by atoms with van der Waals surface area (Å²) in [7, 11) is 0. The van der Waals surface area contributed by atoms with E-state index in [2.05, 4.69) is 0 Å². The number of hydrogen-bond donors (Lipinski definition) is 3. The number of Topliss-reactive ketones (excluding diaryl/α,β-unsaturated/α-hetero) is 1. The zero-order chi connectivity index (χ0) is 18.4. The first-order valence-electron chi connectivity index (χ1n) is 8.19. The van der Waals surface area contributed by atoms with Crippen LogP contribution in [0.25, 0.3) is 0 Å². The van der Waals surface area contributed by atoms with Crippen LogP contribution in [0.1, 0.15) is 23.1 Å². The number of carbonyl (C=O) groups excluding carboxylic acids is 1. The van der Waals surface area contributed by atoms with Crippen LogP contribution < -0.4 is 5.73 Å². The number of nitrogens with two attached hydrogens (primary N) is 1. The largest absolute Gasteiger partial charge is 0.508 e. The molecule has 4 N–H and O–H groups in total. The van der Waals surface area contributed by atoms with Gasteiger partial charge in [0.15, 0.2) is 5.78 Å². The maximum absolute atomic E-state index is 12.3. The molecule has 0 aliphatic heterocycles. The van der Waals surface area contributed by atoms with Gasteiger partial charge in [0.1, 0.15) is 5.75 Å². The summed E-state index contributed by atoms with van der Waals surface area (Å²) in [4.78, 5) is 23.9. The van der Waals surface area contributed by atoms with Gasteiger partial charge in [0, 0.05) is 6.42 Å². The molecule has 132 valence electrons. The molecule has 5 heteroatoms. The van der Waals surface area contributed by atoms with Crippen molar-refractivity contribution < 1.29 is 19.8 Å². The number of hydrogen-bond acceptors (Lipinski definition) is 4. The molecule has 5 nitrogen and oxygen atoms in total. The predicted octanol–water partition coefficient (Wildman–Crippen LogP) is 2.47. The first-order valence-corrected chi connectivity index (χ1v) is 8.19. The van der Waals surface area contributed by atoms with E-state index in [1.807, 2.05) is 31.2 Å². The Balaban J connectivity index is 1.99. The third-order valence-electron chi connectivity index (χ3n) is 4.17. The molecule has 0 aliphatic rings. The highest BCUT2D eigenvalue weighted by molar-refractivity contribution is 5.88. The minimum atomic E-state index is -0.994. The Bertz CT molecular complexity index is 740.